The summed E-state index contributed by atoms with van der Waals surface area (Å²) in [4.78, 5) is 0.311. The monoisotopic (exact) mass is 425 g/mol. The van der Waals surface area contributed by atoms with Crippen molar-refractivity contribution in [2.45, 2.75) is 28.5 Å². The Bertz CT molecular complexity index is 1430. The van der Waals surface area contributed by atoms with Crippen LogP contribution in [0.1, 0.15) is 11.1 Å². The molecule has 1 aromatic heterocycles. The molecule has 0 amide bonds. The molecule has 4 aromatic rings. The van der Waals surface area contributed by atoms with E-state index in [4.69, 9.17) is 0 Å². The Hall–Kier alpha value is -2.90. The lowest BCUT2D eigenvalue weighted by molar-refractivity contribution is 0.586. The summed E-state index contributed by atoms with van der Waals surface area (Å²) in [5.74, 6) is 0. The summed E-state index contributed by atoms with van der Waals surface area (Å²) in [6, 6.07) is 19.6. The van der Waals surface area contributed by atoms with Crippen molar-refractivity contribution in [2.75, 3.05) is 0 Å². The fourth-order valence-corrected chi connectivity index (χ4v) is 6.21. The van der Waals surface area contributed by atoms with E-state index in [-0.39, 0.29) is 14.7 Å². The van der Waals surface area contributed by atoms with Crippen molar-refractivity contribution in [3.8, 4) is 0 Å². The molecule has 7 heteroatoms. The quantitative estimate of drug-likeness (QED) is 0.488. The van der Waals surface area contributed by atoms with Crippen LogP contribution in [0.3, 0.4) is 0 Å². The zero-order chi connectivity index (χ0) is 20.8. The predicted molar refractivity (Wildman–Crippen MR) is 112 cm³/mol. The van der Waals surface area contributed by atoms with Crippen LogP contribution in [0.5, 0.6) is 0 Å². The molecular formula is C22H19NO4S2. The lowest BCUT2D eigenvalue weighted by atomic mass is 10.2. The van der Waals surface area contributed by atoms with Crippen LogP contribution in [0.4, 0.5) is 0 Å². The van der Waals surface area contributed by atoms with Crippen LogP contribution >= 0.6 is 0 Å². The van der Waals surface area contributed by atoms with E-state index in [0.717, 1.165) is 10.9 Å². The summed E-state index contributed by atoms with van der Waals surface area (Å²) in [5, 5.41) is 0.812. The minimum absolute atomic E-state index is 0.0650. The molecule has 0 saturated carbocycles. The zero-order valence-electron chi connectivity index (χ0n) is 15.9. The predicted octanol–water partition coefficient (Wildman–Crippen LogP) is 4.33. The molecule has 5 nitrogen and oxygen atoms in total. The van der Waals surface area contributed by atoms with E-state index in [0.29, 0.717) is 11.1 Å². The van der Waals surface area contributed by atoms with Gasteiger partial charge in [-0.05, 0) is 61.9 Å². The van der Waals surface area contributed by atoms with E-state index in [2.05, 4.69) is 0 Å². The standard InChI is InChI=1S/C22H19NO4S2/c1-16-7-9-19(10-8-16)28(24,25)20-11-12-22(17(2)15-20)29(26,27)23-14-13-18-5-3-4-6-21(18)23/h3-15H,1-2H3. The average molecular weight is 426 g/mol. The Morgan fingerprint density at radius 3 is 2.07 bits per heavy atom. The maximum absolute atomic E-state index is 13.2. The molecule has 0 bridgehead atoms. The summed E-state index contributed by atoms with van der Waals surface area (Å²) >= 11 is 0. The van der Waals surface area contributed by atoms with Crippen molar-refractivity contribution >= 4 is 30.8 Å². The summed E-state index contributed by atoms with van der Waals surface area (Å²) in [5.41, 5.74) is 1.90. The van der Waals surface area contributed by atoms with Gasteiger partial charge in [0.2, 0.25) is 9.84 Å². The second-order valence-corrected chi connectivity index (χ2v) is 10.7. The number of benzene rings is 3. The Balaban J connectivity index is 1.80. The van der Waals surface area contributed by atoms with Gasteiger partial charge in [0, 0.05) is 11.6 Å². The highest BCUT2D eigenvalue weighted by atomic mass is 32.2. The van der Waals surface area contributed by atoms with Gasteiger partial charge in [-0.3, -0.25) is 0 Å². The van der Waals surface area contributed by atoms with Crippen LogP contribution < -0.4 is 0 Å². The molecular weight excluding hydrogens is 406 g/mol. The SMILES string of the molecule is Cc1ccc(S(=O)(=O)c2ccc(S(=O)(=O)n3ccc4ccccc43)c(C)c2)cc1. The van der Waals surface area contributed by atoms with Crippen molar-refractivity contribution in [1.29, 1.82) is 0 Å². The highest BCUT2D eigenvalue weighted by Crippen LogP contribution is 2.28. The Kier molecular flexibility index (Phi) is 4.59. The van der Waals surface area contributed by atoms with Crippen molar-refractivity contribution in [3.63, 3.8) is 0 Å². The van der Waals surface area contributed by atoms with Crippen molar-refractivity contribution in [2.24, 2.45) is 0 Å². The Morgan fingerprint density at radius 1 is 0.724 bits per heavy atom. The van der Waals surface area contributed by atoms with Crippen molar-refractivity contribution in [3.05, 3.63) is 90.1 Å². The zero-order valence-corrected chi connectivity index (χ0v) is 17.5. The molecule has 0 N–H and O–H groups in total. The number of sulfone groups is 1. The summed E-state index contributed by atoms with van der Waals surface area (Å²) in [7, 11) is -7.59. The first kappa shape index (κ1) is 19.4. The van der Waals surface area contributed by atoms with Gasteiger partial charge in [-0.1, -0.05) is 35.9 Å². The normalized spacial score (nSPS) is 12.3. The molecule has 0 unspecified atom stereocenters. The van der Waals surface area contributed by atoms with Crippen LogP contribution in [0.15, 0.2) is 93.7 Å². The fourth-order valence-electron chi connectivity index (χ4n) is 3.30. The fraction of sp³-hybridized carbons (Fsp3) is 0.0909. The van der Waals surface area contributed by atoms with E-state index in [1.165, 1.54) is 28.4 Å². The first-order valence-electron chi connectivity index (χ1n) is 8.95. The number of para-hydroxylation sites is 1. The number of hydrogen-bond donors (Lipinski definition) is 0. The lowest BCUT2D eigenvalue weighted by Gasteiger charge is -2.12. The van der Waals surface area contributed by atoms with Gasteiger partial charge in [0.25, 0.3) is 10.0 Å². The number of hydrogen-bond acceptors (Lipinski definition) is 4. The minimum atomic E-state index is -3.86. The molecule has 148 valence electrons. The maximum atomic E-state index is 13.2. The van der Waals surface area contributed by atoms with Gasteiger partial charge < -0.3 is 0 Å². The first-order valence-corrected chi connectivity index (χ1v) is 11.9. The largest absolute Gasteiger partial charge is 0.268 e. The number of nitrogens with zero attached hydrogens (tertiary/aromatic N) is 1. The topological polar surface area (TPSA) is 73.2 Å². The summed E-state index contributed by atoms with van der Waals surface area (Å²) in [6.45, 7) is 3.48. The highest BCUT2D eigenvalue weighted by molar-refractivity contribution is 7.91. The van der Waals surface area contributed by atoms with E-state index < -0.39 is 19.9 Å². The van der Waals surface area contributed by atoms with Crippen LogP contribution in [-0.2, 0) is 19.9 Å². The molecule has 0 aliphatic carbocycles. The van der Waals surface area contributed by atoms with Gasteiger partial charge in [0.15, 0.2) is 0 Å². The first-order chi connectivity index (χ1) is 13.7. The number of rotatable bonds is 4. The molecule has 0 fully saturated rings. The average Bonchev–Trinajstić information content (AvgIpc) is 3.13. The molecule has 0 radical (unpaired) electrons. The van der Waals surface area contributed by atoms with Crippen LogP contribution in [0, 0.1) is 13.8 Å². The highest BCUT2D eigenvalue weighted by Gasteiger charge is 2.24. The number of aryl methyl sites for hydroxylation is 2. The van der Waals surface area contributed by atoms with E-state index >= 15 is 0 Å². The molecule has 3 aromatic carbocycles. The molecule has 29 heavy (non-hydrogen) atoms. The van der Waals surface area contributed by atoms with E-state index in [1.807, 2.05) is 19.1 Å². The van der Waals surface area contributed by atoms with Gasteiger partial charge in [-0.2, -0.15) is 0 Å². The van der Waals surface area contributed by atoms with Crippen molar-refractivity contribution in [1.82, 2.24) is 3.97 Å². The van der Waals surface area contributed by atoms with Crippen LogP contribution in [0.2, 0.25) is 0 Å². The van der Waals surface area contributed by atoms with Gasteiger partial charge in [-0.15, -0.1) is 0 Å². The van der Waals surface area contributed by atoms with E-state index in [9.17, 15) is 16.8 Å². The summed E-state index contributed by atoms with van der Waals surface area (Å²) < 4.78 is 53.5. The second-order valence-electron chi connectivity index (χ2n) is 6.92. The van der Waals surface area contributed by atoms with Gasteiger partial charge in [0.1, 0.15) is 0 Å². The Labute approximate surface area is 170 Å². The maximum Gasteiger partial charge on any atom is 0.268 e. The third-order valence-electron chi connectivity index (χ3n) is 4.89. The molecule has 0 atom stereocenters. The number of aromatic nitrogens is 1. The second kappa shape index (κ2) is 6.86. The van der Waals surface area contributed by atoms with Gasteiger partial charge >= 0.3 is 0 Å². The third kappa shape index (κ3) is 3.26. The third-order valence-corrected chi connectivity index (χ3v) is 8.51. The number of fused-ring (bicyclic) bond motifs is 1. The van der Waals surface area contributed by atoms with E-state index in [1.54, 1.807) is 49.4 Å². The van der Waals surface area contributed by atoms with Crippen LogP contribution in [-0.4, -0.2) is 20.8 Å². The molecule has 0 aliphatic rings. The molecule has 0 saturated heterocycles. The molecule has 4 rings (SSSR count). The minimum Gasteiger partial charge on any atom is -0.241 e. The molecule has 0 aliphatic heterocycles. The molecule has 1 heterocycles. The Morgan fingerprint density at radius 2 is 1.38 bits per heavy atom. The van der Waals surface area contributed by atoms with Gasteiger partial charge in [0.05, 0.1) is 20.2 Å². The smallest absolute Gasteiger partial charge is 0.241 e. The van der Waals surface area contributed by atoms with Crippen molar-refractivity contribution < 1.29 is 16.8 Å². The van der Waals surface area contributed by atoms with Crippen LogP contribution in [0.25, 0.3) is 10.9 Å². The van der Waals surface area contributed by atoms with Gasteiger partial charge in [-0.25, -0.2) is 20.8 Å². The molecule has 0 spiro atoms. The summed E-state index contributed by atoms with van der Waals surface area (Å²) in [6.07, 6.45) is 1.51. The lowest BCUT2D eigenvalue weighted by Crippen LogP contribution is -2.14.